The number of halogens is 1. The van der Waals surface area contributed by atoms with Crippen molar-refractivity contribution in [2.45, 2.75) is 44.8 Å². The maximum atomic E-state index is 13.6. The number of amides is 1. The van der Waals surface area contributed by atoms with Gasteiger partial charge in [-0.05, 0) is 75.1 Å². The van der Waals surface area contributed by atoms with Crippen molar-refractivity contribution in [1.82, 2.24) is 0 Å². The minimum Gasteiger partial charge on any atom is -0.490 e. The number of nitrogens with one attached hydrogen (secondary N) is 1. The molecule has 156 valence electrons. The lowest BCUT2D eigenvalue weighted by molar-refractivity contribution is -0.116. The van der Waals surface area contributed by atoms with Gasteiger partial charge < -0.3 is 10.1 Å². The van der Waals surface area contributed by atoms with Crippen LogP contribution in [0.3, 0.4) is 0 Å². The number of benzene rings is 2. The number of nitrogens with zero attached hydrogens (tertiary/aromatic N) is 1. The second kappa shape index (κ2) is 8.82. The van der Waals surface area contributed by atoms with Gasteiger partial charge in [0.2, 0.25) is 15.9 Å². The van der Waals surface area contributed by atoms with E-state index >= 15 is 0 Å². The molecule has 0 aliphatic heterocycles. The van der Waals surface area contributed by atoms with Crippen molar-refractivity contribution < 1.29 is 22.3 Å². The first-order valence-corrected chi connectivity index (χ1v) is 11.4. The van der Waals surface area contributed by atoms with Gasteiger partial charge >= 0.3 is 0 Å². The molecule has 1 aliphatic carbocycles. The highest BCUT2D eigenvalue weighted by atomic mass is 32.2. The third-order valence-electron chi connectivity index (χ3n) is 4.88. The van der Waals surface area contributed by atoms with E-state index in [2.05, 4.69) is 5.32 Å². The zero-order chi connectivity index (χ0) is 21.0. The number of hydrogen-bond donors (Lipinski definition) is 1. The third-order valence-corrected chi connectivity index (χ3v) is 6.12. The van der Waals surface area contributed by atoms with Gasteiger partial charge in [-0.1, -0.05) is 6.07 Å². The highest BCUT2D eigenvalue weighted by Crippen LogP contribution is 2.26. The van der Waals surface area contributed by atoms with Crippen LogP contribution < -0.4 is 14.4 Å². The number of rotatable bonds is 7. The van der Waals surface area contributed by atoms with Crippen molar-refractivity contribution in [3.8, 4) is 5.75 Å². The Morgan fingerprint density at radius 3 is 2.41 bits per heavy atom. The van der Waals surface area contributed by atoms with Gasteiger partial charge in [0.1, 0.15) is 17.6 Å². The smallest absolute Gasteiger partial charge is 0.247 e. The Labute approximate surface area is 170 Å². The summed E-state index contributed by atoms with van der Waals surface area (Å²) in [4.78, 5) is 12.7. The fraction of sp³-hybridized carbons (Fsp3) is 0.381. The molecular weight excluding hydrogens is 395 g/mol. The van der Waals surface area contributed by atoms with Crippen LogP contribution in [0.15, 0.2) is 48.5 Å². The molecule has 0 saturated heterocycles. The van der Waals surface area contributed by atoms with E-state index in [0.29, 0.717) is 5.69 Å². The second-order valence-corrected chi connectivity index (χ2v) is 9.11. The standard InChI is InChI=1S/C21H25FN2O4S/c1-15(24(29(2,26)27)18-7-5-6-16(22)14-18)21(25)23-17-10-12-20(13-11-17)28-19-8-3-4-9-19/h5-7,10-15,19H,3-4,8-9H2,1-2H3,(H,23,25)/t15-/m0/s1. The highest BCUT2D eigenvalue weighted by Gasteiger charge is 2.29. The molecule has 1 aliphatic rings. The van der Waals surface area contributed by atoms with E-state index < -0.39 is 27.8 Å². The molecule has 0 aromatic heterocycles. The fourth-order valence-electron chi connectivity index (χ4n) is 3.48. The molecular formula is C21H25FN2O4S. The highest BCUT2D eigenvalue weighted by molar-refractivity contribution is 7.92. The minimum absolute atomic E-state index is 0.0930. The van der Waals surface area contributed by atoms with E-state index in [0.717, 1.165) is 35.2 Å². The van der Waals surface area contributed by atoms with Crippen molar-refractivity contribution in [2.75, 3.05) is 15.9 Å². The summed E-state index contributed by atoms with van der Waals surface area (Å²) in [6, 6.07) is 11.0. The summed E-state index contributed by atoms with van der Waals surface area (Å²) < 4.78 is 44.9. The number of carbonyl (C=O) groups excluding carboxylic acids is 1. The topological polar surface area (TPSA) is 75.7 Å². The summed E-state index contributed by atoms with van der Waals surface area (Å²) in [5, 5.41) is 2.71. The van der Waals surface area contributed by atoms with Crippen LogP contribution in [-0.2, 0) is 14.8 Å². The van der Waals surface area contributed by atoms with Crippen molar-refractivity contribution in [1.29, 1.82) is 0 Å². The molecule has 1 N–H and O–H groups in total. The Hall–Kier alpha value is -2.61. The van der Waals surface area contributed by atoms with Gasteiger partial charge in [-0.25, -0.2) is 12.8 Å². The molecule has 29 heavy (non-hydrogen) atoms. The van der Waals surface area contributed by atoms with Crippen LogP contribution in [-0.4, -0.2) is 32.7 Å². The molecule has 1 atom stereocenters. The van der Waals surface area contributed by atoms with Crippen molar-refractivity contribution in [3.05, 3.63) is 54.3 Å². The number of anilines is 2. The minimum atomic E-state index is -3.81. The normalized spacial score (nSPS) is 15.7. The molecule has 0 spiro atoms. The van der Waals surface area contributed by atoms with Crippen LogP contribution in [0.4, 0.5) is 15.8 Å². The third kappa shape index (κ3) is 5.47. The van der Waals surface area contributed by atoms with Gasteiger partial charge in [0, 0.05) is 5.69 Å². The zero-order valence-electron chi connectivity index (χ0n) is 16.5. The van der Waals surface area contributed by atoms with Gasteiger partial charge in [-0.2, -0.15) is 0 Å². The van der Waals surface area contributed by atoms with Gasteiger partial charge in [-0.15, -0.1) is 0 Å². The lowest BCUT2D eigenvalue weighted by Gasteiger charge is -2.28. The predicted octanol–water partition coefficient (Wildman–Crippen LogP) is 3.94. The summed E-state index contributed by atoms with van der Waals surface area (Å²) in [5.41, 5.74) is 0.615. The molecule has 1 amide bonds. The van der Waals surface area contributed by atoms with Gasteiger partial charge in [0.15, 0.2) is 0 Å². The lowest BCUT2D eigenvalue weighted by Crippen LogP contribution is -2.45. The number of hydrogen-bond acceptors (Lipinski definition) is 4. The van der Waals surface area contributed by atoms with Crippen LogP contribution in [0.2, 0.25) is 0 Å². The average Bonchev–Trinajstić information content (AvgIpc) is 3.15. The maximum Gasteiger partial charge on any atom is 0.247 e. The summed E-state index contributed by atoms with van der Waals surface area (Å²) in [7, 11) is -3.81. The molecule has 3 rings (SSSR count). The summed E-state index contributed by atoms with van der Waals surface area (Å²) in [6.45, 7) is 1.46. The Morgan fingerprint density at radius 1 is 1.17 bits per heavy atom. The Balaban J connectivity index is 1.71. The van der Waals surface area contributed by atoms with E-state index in [1.807, 2.05) is 0 Å². The molecule has 0 unspecified atom stereocenters. The van der Waals surface area contributed by atoms with Crippen LogP contribution in [0.1, 0.15) is 32.6 Å². The van der Waals surface area contributed by atoms with E-state index in [1.165, 1.54) is 38.0 Å². The first-order chi connectivity index (χ1) is 13.7. The van der Waals surface area contributed by atoms with Gasteiger partial charge in [0.05, 0.1) is 18.0 Å². The number of ether oxygens (including phenoxy) is 1. The summed E-state index contributed by atoms with van der Waals surface area (Å²) in [6.07, 6.45) is 5.69. The average molecular weight is 421 g/mol. The Kier molecular flexibility index (Phi) is 6.42. The molecule has 1 saturated carbocycles. The van der Waals surface area contributed by atoms with Crippen LogP contribution >= 0.6 is 0 Å². The zero-order valence-corrected chi connectivity index (χ0v) is 17.3. The molecule has 6 nitrogen and oxygen atoms in total. The Bertz CT molecular complexity index is 957. The van der Waals surface area contributed by atoms with E-state index in [-0.39, 0.29) is 11.8 Å². The molecule has 2 aromatic rings. The first-order valence-electron chi connectivity index (χ1n) is 9.56. The maximum absolute atomic E-state index is 13.6. The van der Waals surface area contributed by atoms with Crippen LogP contribution in [0, 0.1) is 5.82 Å². The van der Waals surface area contributed by atoms with E-state index in [1.54, 1.807) is 24.3 Å². The summed E-state index contributed by atoms with van der Waals surface area (Å²) in [5.74, 6) is -0.369. The predicted molar refractivity (Wildman–Crippen MR) is 111 cm³/mol. The molecule has 0 bridgehead atoms. The molecule has 8 heteroatoms. The Morgan fingerprint density at radius 2 is 1.83 bits per heavy atom. The number of carbonyl (C=O) groups is 1. The quantitative estimate of drug-likeness (QED) is 0.736. The largest absolute Gasteiger partial charge is 0.490 e. The van der Waals surface area contributed by atoms with Gasteiger partial charge in [-0.3, -0.25) is 9.10 Å². The SMILES string of the molecule is C[C@@H](C(=O)Nc1ccc(OC2CCCC2)cc1)N(c1cccc(F)c1)S(C)(=O)=O. The number of sulfonamides is 1. The molecule has 0 heterocycles. The van der Waals surface area contributed by atoms with Crippen molar-refractivity contribution >= 4 is 27.3 Å². The van der Waals surface area contributed by atoms with Crippen molar-refractivity contribution in [2.24, 2.45) is 0 Å². The summed E-state index contributed by atoms with van der Waals surface area (Å²) >= 11 is 0. The van der Waals surface area contributed by atoms with E-state index in [4.69, 9.17) is 4.74 Å². The molecule has 0 radical (unpaired) electrons. The molecule has 1 fully saturated rings. The van der Waals surface area contributed by atoms with Gasteiger partial charge in [0.25, 0.3) is 0 Å². The van der Waals surface area contributed by atoms with Crippen molar-refractivity contribution in [3.63, 3.8) is 0 Å². The lowest BCUT2D eigenvalue weighted by atomic mass is 10.2. The monoisotopic (exact) mass is 420 g/mol. The first kappa shape index (κ1) is 21.1. The van der Waals surface area contributed by atoms with Crippen LogP contribution in [0.25, 0.3) is 0 Å². The second-order valence-electron chi connectivity index (χ2n) is 7.25. The fourth-order valence-corrected chi connectivity index (χ4v) is 4.65. The molecule has 2 aromatic carbocycles. The van der Waals surface area contributed by atoms with E-state index in [9.17, 15) is 17.6 Å². The van der Waals surface area contributed by atoms with Crippen LogP contribution in [0.5, 0.6) is 5.75 Å².